The van der Waals surface area contributed by atoms with Gasteiger partial charge >= 0.3 is 0 Å². The highest BCUT2D eigenvalue weighted by atomic mass is 16.2. The summed E-state index contributed by atoms with van der Waals surface area (Å²) in [7, 11) is 0. The molecule has 0 bridgehead atoms. The first-order valence-corrected chi connectivity index (χ1v) is 6.04. The molecular weight excluding hydrogens is 226 g/mol. The van der Waals surface area contributed by atoms with Gasteiger partial charge in [-0.15, -0.1) is 0 Å². The fourth-order valence-corrected chi connectivity index (χ4v) is 1.36. The van der Waals surface area contributed by atoms with Crippen molar-refractivity contribution < 1.29 is 4.79 Å². The molecule has 18 heavy (non-hydrogen) atoms. The molecule has 1 aromatic rings. The molecule has 0 unspecified atom stereocenters. The number of hydrogen-bond donors (Lipinski definition) is 1. The van der Waals surface area contributed by atoms with Crippen molar-refractivity contribution in [2.24, 2.45) is 5.41 Å². The number of nitrogens with zero attached hydrogens (tertiary/aromatic N) is 2. The van der Waals surface area contributed by atoms with Crippen LogP contribution in [0.1, 0.15) is 38.3 Å². The van der Waals surface area contributed by atoms with Crippen LogP contribution in [0.25, 0.3) is 0 Å². The summed E-state index contributed by atoms with van der Waals surface area (Å²) in [6, 6.07) is 3.87. The number of aryl methyl sites for hydroxylation is 1. The Morgan fingerprint density at radius 3 is 2.78 bits per heavy atom. The van der Waals surface area contributed by atoms with Gasteiger partial charge in [0.2, 0.25) is 5.91 Å². The molecule has 1 aromatic heterocycles. The average molecular weight is 245 g/mol. The summed E-state index contributed by atoms with van der Waals surface area (Å²) in [5, 5.41) is 11.5. The molecule has 96 valence electrons. The molecule has 1 heterocycles. The second-order valence-electron chi connectivity index (χ2n) is 5.02. The van der Waals surface area contributed by atoms with Crippen LogP contribution in [-0.4, -0.2) is 10.9 Å². The third-order valence-electron chi connectivity index (χ3n) is 3.22. The molecule has 4 nitrogen and oxygen atoms in total. The Balaban J connectivity index is 2.90. The van der Waals surface area contributed by atoms with Gasteiger partial charge in [0.1, 0.15) is 5.82 Å². The van der Waals surface area contributed by atoms with Gasteiger partial charge in [0, 0.05) is 11.6 Å². The Bertz CT molecular complexity index is 486. The first kappa shape index (κ1) is 14.2. The number of carbonyl (C=O) groups excluding carboxylic acids is 1. The zero-order valence-electron chi connectivity index (χ0n) is 11.4. The molecule has 0 saturated carbocycles. The molecule has 0 aliphatic heterocycles. The number of nitriles is 1. The molecule has 0 aromatic carbocycles. The van der Waals surface area contributed by atoms with Gasteiger partial charge in [0.15, 0.2) is 0 Å². The van der Waals surface area contributed by atoms with Crippen molar-refractivity contribution in [2.45, 2.75) is 40.5 Å². The fraction of sp³-hybridized carbons (Fsp3) is 0.500. The summed E-state index contributed by atoms with van der Waals surface area (Å²) in [6.45, 7) is 7.67. The predicted molar refractivity (Wildman–Crippen MR) is 71.0 cm³/mol. The van der Waals surface area contributed by atoms with Gasteiger partial charge in [-0.2, -0.15) is 5.26 Å². The molecule has 1 N–H and O–H groups in total. The Kier molecular flexibility index (Phi) is 4.43. The molecular formula is C14H19N3O. The maximum atomic E-state index is 12.0. The third-order valence-corrected chi connectivity index (χ3v) is 3.22. The van der Waals surface area contributed by atoms with E-state index in [0.717, 1.165) is 17.5 Å². The summed E-state index contributed by atoms with van der Waals surface area (Å²) in [6.07, 6.45) is 2.77. The van der Waals surface area contributed by atoms with Crippen LogP contribution in [0.5, 0.6) is 0 Å². The van der Waals surface area contributed by atoms with Crippen LogP contribution in [0, 0.1) is 23.7 Å². The van der Waals surface area contributed by atoms with Crippen molar-refractivity contribution in [1.82, 2.24) is 4.98 Å². The predicted octanol–water partition coefficient (Wildman–Crippen LogP) is 2.83. The summed E-state index contributed by atoms with van der Waals surface area (Å²) < 4.78 is 0. The van der Waals surface area contributed by atoms with Crippen LogP contribution < -0.4 is 5.32 Å². The molecule has 4 heteroatoms. The maximum absolute atomic E-state index is 12.0. The van der Waals surface area contributed by atoms with Gasteiger partial charge < -0.3 is 5.32 Å². The van der Waals surface area contributed by atoms with E-state index in [-0.39, 0.29) is 5.91 Å². The van der Waals surface area contributed by atoms with E-state index in [4.69, 9.17) is 5.26 Å². The molecule has 0 aliphatic carbocycles. The minimum absolute atomic E-state index is 0.0516. The molecule has 0 radical (unpaired) electrons. The van der Waals surface area contributed by atoms with Crippen molar-refractivity contribution in [3.05, 3.63) is 23.4 Å². The normalized spacial score (nSPS) is 10.8. The number of carbonyl (C=O) groups is 1. The highest BCUT2D eigenvalue weighted by Crippen LogP contribution is 2.22. The minimum atomic E-state index is -0.415. The molecule has 0 aliphatic rings. The monoisotopic (exact) mass is 245 g/mol. The van der Waals surface area contributed by atoms with E-state index in [1.165, 1.54) is 0 Å². The summed E-state index contributed by atoms with van der Waals surface area (Å²) >= 11 is 0. The lowest BCUT2D eigenvalue weighted by Crippen LogP contribution is -2.30. The van der Waals surface area contributed by atoms with Crippen molar-refractivity contribution in [3.8, 4) is 6.07 Å². The quantitative estimate of drug-likeness (QED) is 0.887. The summed E-state index contributed by atoms with van der Waals surface area (Å²) in [5.41, 5.74) is 1.45. The zero-order chi connectivity index (χ0) is 13.8. The largest absolute Gasteiger partial charge is 0.310 e. The first-order valence-electron chi connectivity index (χ1n) is 6.04. The number of hydrogen-bond acceptors (Lipinski definition) is 3. The minimum Gasteiger partial charge on any atom is -0.310 e. The maximum Gasteiger partial charge on any atom is 0.231 e. The van der Waals surface area contributed by atoms with Crippen molar-refractivity contribution in [2.75, 3.05) is 5.32 Å². The number of amides is 1. The topological polar surface area (TPSA) is 65.8 Å². The highest BCUT2D eigenvalue weighted by Gasteiger charge is 2.25. The average Bonchev–Trinajstić information content (AvgIpc) is 2.33. The highest BCUT2D eigenvalue weighted by molar-refractivity contribution is 5.94. The van der Waals surface area contributed by atoms with Crippen LogP contribution in [-0.2, 0) is 11.2 Å². The Morgan fingerprint density at radius 1 is 1.56 bits per heavy atom. The molecule has 1 amide bonds. The Labute approximate surface area is 108 Å². The molecule has 1 rings (SSSR count). The lowest BCUT2D eigenvalue weighted by Gasteiger charge is -2.21. The van der Waals surface area contributed by atoms with Gasteiger partial charge in [-0.25, -0.2) is 4.98 Å². The van der Waals surface area contributed by atoms with Crippen molar-refractivity contribution in [1.29, 1.82) is 5.26 Å². The van der Waals surface area contributed by atoms with Gasteiger partial charge in [-0.3, -0.25) is 4.79 Å². The standard InChI is InChI=1S/C14H19N3O/c1-5-14(3,4)13(18)17-12-8-11(6-7-15)10(2)9-16-12/h8-9H,5-6H2,1-4H3,(H,16,17,18). The fourth-order valence-electron chi connectivity index (χ4n) is 1.36. The van der Waals surface area contributed by atoms with Crippen molar-refractivity contribution in [3.63, 3.8) is 0 Å². The SMILES string of the molecule is CCC(C)(C)C(=O)Nc1cc(CC#N)c(C)cn1. The Morgan fingerprint density at radius 2 is 2.22 bits per heavy atom. The van der Waals surface area contributed by atoms with Crippen LogP contribution in [0.4, 0.5) is 5.82 Å². The lowest BCUT2D eigenvalue weighted by atomic mass is 9.89. The third kappa shape index (κ3) is 3.30. The van der Waals surface area contributed by atoms with Crippen LogP contribution >= 0.6 is 0 Å². The van der Waals surface area contributed by atoms with E-state index in [2.05, 4.69) is 16.4 Å². The van der Waals surface area contributed by atoms with E-state index in [1.54, 1.807) is 12.3 Å². The molecule has 0 spiro atoms. The van der Waals surface area contributed by atoms with E-state index in [9.17, 15) is 4.79 Å². The number of anilines is 1. The van der Waals surface area contributed by atoms with E-state index in [0.29, 0.717) is 12.2 Å². The smallest absolute Gasteiger partial charge is 0.231 e. The van der Waals surface area contributed by atoms with Gasteiger partial charge in [-0.05, 0) is 30.5 Å². The van der Waals surface area contributed by atoms with E-state index in [1.807, 2.05) is 27.7 Å². The van der Waals surface area contributed by atoms with Crippen LogP contribution in [0.3, 0.4) is 0 Å². The van der Waals surface area contributed by atoms with Gasteiger partial charge in [-0.1, -0.05) is 20.8 Å². The second-order valence-corrected chi connectivity index (χ2v) is 5.02. The van der Waals surface area contributed by atoms with Gasteiger partial charge in [0.05, 0.1) is 12.5 Å². The summed E-state index contributed by atoms with van der Waals surface area (Å²) in [5.74, 6) is 0.460. The van der Waals surface area contributed by atoms with Crippen LogP contribution in [0.2, 0.25) is 0 Å². The van der Waals surface area contributed by atoms with E-state index >= 15 is 0 Å². The molecule has 0 saturated heterocycles. The van der Waals surface area contributed by atoms with E-state index < -0.39 is 5.41 Å². The number of pyridine rings is 1. The van der Waals surface area contributed by atoms with Crippen LogP contribution in [0.15, 0.2) is 12.3 Å². The zero-order valence-corrected chi connectivity index (χ0v) is 11.4. The number of nitrogens with one attached hydrogen (secondary N) is 1. The van der Waals surface area contributed by atoms with Crippen molar-refractivity contribution >= 4 is 11.7 Å². The van der Waals surface area contributed by atoms with Gasteiger partial charge in [0.25, 0.3) is 0 Å². The molecule has 0 atom stereocenters. The lowest BCUT2D eigenvalue weighted by molar-refractivity contribution is -0.124. The molecule has 0 fully saturated rings. The number of aromatic nitrogens is 1. The number of rotatable bonds is 4. The first-order chi connectivity index (χ1) is 8.40. The second kappa shape index (κ2) is 5.63. The Hall–Kier alpha value is -1.89. The summed E-state index contributed by atoms with van der Waals surface area (Å²) in [4.78, 5) is 16.2.